The zero-order valence-corrected chi connectivity index (χ0v) is 13.9. The van der Waals surface area contributed by atoms with Gasteiger partial charge in [-0.3, -0.25) is 0 Å². The number of Topliss-reactive ketones (excluding diaryl/α,β-unsaturated/α-hetero) is 1. The summed E-state index contributed by atoms with van der Waals surface area (Å²) in [5.41, 5.74) is 6.51. The van der Waals surface area contributed by atoms with Gasteiger partial charge in [0.25, 0.3) is 0 Å². The average molecular weight is 345 g/mol. The van der Waals surface area contributed by atoms with E-state index in [1.807, 2.05) is 13.8 Å². The summed E-state index contributed by atoms with van der Waals surface area (Å²) < 4.78 is 18.7. The standard InChI is InChI=1S/C13H20AsNO3S/c1-13(2,9-15)19-8-12(16)7-10-3-5-11(6-4-10)14(17)18/h3-6,17-18H,7-9,15H2,1-2H3. The first kappa shape index (κ1) is 16.7. The summed E-state index contributed by atoms with van der Waals surface area (Å²) in [4.78, 5) is 11.8. The van der Waals surface area contributed by atoms with E-state index < -0.39 is 15.3 Å². The average Bonchev–Trinajstić information content (AvgIpc) is 2.37. The molecule has 0 aliphatic heterocycles. The third-order valence-corrected chi connectivity index (χ3v) is 5.69. The van der Waals surface area contributed by atoms with Crippen LogP contribution in [-0.2, 0) is 11.2 Å². The molecule has 0 saturated carbocycles. The molecule has 0 heterocycles. The summed E-state index contributed by atoms with van der Waals surface area (Å²) >= 11 is -1.22. The molecule has 0 fully saturated rings. The van der Waals surface area contributed by atoms with Gasteiger partial charge in [-0.2, -0.15) is 0 Å². The predicted molar refractivity (Wildman–Crippen MR) is 80.6 cm³/mol. The van der Waals surface area contributed by atoms with E-state index in [1.165, 1.54) is 0 Å². The van der Waals surface area contributed by atoms with E-state index in [4.69, 9.17) is 13.9 Å². The monoisotopic (exact) mass is 345 g/mol. The Balaban J connectivity index is 2.48. The zero-order chi connectivity index (χ0) is 14.5. The molecule has 106 valence electrons. The molecule has 0 bridgehead atoms. The number of thioether (sulfide) groups is 1. The van der Waals surface area contributed by atoms with Crippen molar-refractivity contribution in [1.29, 1.82) is 0 Å². The van der Waals surface area contributed by atoms with Crippen LogP contribution in [0.5, 0.6) is 0 Å². The molecule has 0 aliphatic carbocycles. The number of carbonyl (C=O) groups excluding carboxylic acids is 1. The fourth-order valence-corrected chi connectivity index (χ4v) is 3.00. The minimum absolute atomic E-state index is 0.0770. The molecule has 4 N–H and O–H groups in total. The minimum atomic E-state index is -2.79. The molecule has 0 saturated heterocycles. The first-order chi connectivity index (χ1) is 8.84. The van der Waals surface area contributed by atoms with Gasteiger partial charge < -0.3 is 0 Å². The molecule has 0 unspecified atom stereocenters. The molecule has 19 heavy (non-hydrogen) atoms. The van der Waals surface area contributed by atoms with Crippen LogP contribution in [0, 0.1) is 0 Å². The fraction of sp³-hybridized carbons (Fsp3) is 0.462. The number of rotatable bonds is 7. The van der Waals surface area contributed by atoms with Gasteiger partial charge in [-0.25, -0.2) is 0 Å². The Morgan fingerprint density at radius 1 is 1.32 bits per heavy atom. The van der Waals surface area contributed by atoms with Crippen molar-refractivity contribution in [3.63, 3.8) is 0 Å². The summed E-state index contributed by atoms with van der Waals surface area (Å²) in [6.45, 7) is 4.58. The number of benzene rings is 1. The maximum atomic E-state index is 11.8. The predicted octanol–water partition coefficient (Wildman–Crippen LogP) is -0.0515. The molecule has 0 radical (unpaired) electrons. The molecule has 4 nitrogen and oxygen atoms in total. The Hall–Kier alpha value is -0.322. The van der Waals surface area contributed by atoms with Crippen molar-refractivity contribution >= 4 is 37.2 Å². The Labute approximate surface area is 123 Å². The van der Waals surface area contributed by atoms with Crippen molar-refractivity contribution in [1.82, 2.24) is 0 Å². The van der Waals surface area contributed by atoms with Gasteiger partial charge in [-0.05, 0) is 0 Å². The first-order valence-electron chi connectivity index (χ1n) is 5.96. The number of nitrogens with two attached hydrogens (primary N) is 1. The first-order valence-corrected chi connectivity index (χ1v) is 9.57. The summed E-state index contributed by atoms with van der Waals surface area (Å²) in [6, 6.07) is 6.92. The van der Waals surface area contributed by atoms with Crippen molar-refractivity contribution in [3.05, 3.63) is 29.8 Å². The molecule has 0 aromatic heterocycles. The Morgan fingerprint density at radius 2 is 1.89 bits per heavy atom. The van der Waals surface area contributed by atoms with E-state index in [1.54, 1.807) is 36.0 Å². The van der Waals surface area contributed by atoms with Crippen molar-refractivity contribution in [2.45, 2.75) is 25.0 Å². The molecule has 0 amide bonds. The van der Waals surface area contributed by atoms with Gasteiger partial charge in [0.2, 0.25) is 0 Å². The SMILES string of the molecule is CC(C)(CN)SCC(=O)Cc1ccc([As](O)O)cc1. The van der Waals surface area contributed by atoms with E-state index >= 15 is 0 Å². The molecule has 0 atom stereocenters. The van der Waals surface area contributed by atoms with Crippen LogP contribution in [0.25, 0.3) is 0 Å². The quantitative estimate of drug-likeness (QED) is 0.604. The molecule has 1 aromatic rings. The van der Waals surface area contributed by atoms with Crippen LogP contribution in [0.2, 0.25) is 0 Å². The van der Waals surface area contributed by atoms with Crippen LogP contribution in [0.4, 0.5) is 0 Å². The number of hydrogen-bond acceptors (Lipinski definition) is 5. The van der Waals surface area contributed by atoms with E-state index in [0.717, 1.165) is 5.56 Å². The Morgan fingerprint density at radius 3 is 2.37 bits per heavy atom. The van der Waals surface area contributed by atoms with E-state index in [0.29, 0.717) is 23.1 Å². The maximum absolute atomic E-state index is 11.8. The van der Waals surface area contributed by atoms with E-state index in [9.17, 15) is 4.79 Å². The summed E-state index contributed by atoms with van der Waals surface area (Å²) in [5.74, 6) is 0.603. The Bertz CT molecular complexity index is 420. The van der Waals surface area contributed by atoms with E-state index in [-0.39, 0.29) is 10.5 Å². The summed E-state index contributed by atoms with van der Waals surface area (Å²) in [7, 11) is 0. The van der Waals surface area contributed by atoms with E-state index in [2.05, 4.69) is 0 Å². The summed E-state index contributed by atoms with van der Waals surface area (Å²) in [5, 5.41) is 0. The fourth-order valence-electron chi connectivity index (χ4n) is 1.36. The number of ketones is 1. The number of hydrogen-bond donors (Lipinski definition) is 3. The van der Waals surface area contributed by atoms with Crippen molar-refractivity contribution in [2.75, 3.05) is 12.3 Å². The van der Waals surface area contributed by atoms with Crippen molar-refractivity contribution in [3.8, 4) is 0 Å². The van der Waals surface area contributed by atoms with Gasteiger partial charge in [0, 0.05) is 0 Å². The third-order valence-electron chi connectivity index (χ3n) is 2.68. The van der Waals surface area contributed by atoms with Gasteiger partial charge >= 0.3 is 123 Å². The molecule has 0 aliphatic rings. The van der Waals surface area contributed by atoms with Crippen LogP contribution in [0.15, 0.2) is 24.3 Å². The van der Waals surface area contributed by atoms with Crippen LogP contribution in [0.3, 0.4) is 0 Å². The van der Waals surface area contributed by atoms with Gasteiger partial charge in [0.15, 0.2) is 0 Å². The zero-order valence-electron chi connectivity index (χ0n) is 11.2. The van der Waals surface area contributed by atoms with Crippen molar-refractivity contribution in [2.24, 2.45) is 5.73 Å². The Kier molecular flexibility index (Phi) is 6.57. The second-order valence-electron chi connectivity index (χ2n) is 4.92. The molecule has 0 spiro atoms. The molecule has 1 aromatic carbocycles. The second-order valence-corrected chi connectivity index (χ2v) is 8.90. The van der Waals surface area contributed by atoms with Gasteiger partial charge in [0.1, 0.15) is 0 Å². The molecular formula is C13H20AsNO3S. The van der Waals surface area contributed by atoms with Gasteiger partial charge in [-0.15, -0.1) is 0 Å². The van der Waals surface area contributed by atoms with Crippen LogP contribution >= 0.6 is 11.8 Å². The molecule has 1 rings (SSSR count). The third kappa shape index (κ3) is 6.11. The summed E-state index contributed by atoms with van der Waals surface area (Å²) in [6.07, 6.45) is 0.373. The normalized spacial score (nSPS) is 11.9. The van der Waals surface area contributed by atoms with Crippen LogP contribution in [0.1, 0.15) is 19.4 Å². The second kappa shape index (κ2) is 7.46. The topological polar surface area (TPSA) is 83.6 Å². The van der Waals surface area contributed by atoms with Crippen molar-refractivity contribution < 1.29 is 13.0 Å². The molecule has 6 heteroatoms. The molecular weight excluding hydrogens is 325 g/mol. The van der Waals surface area contributed by atoms with Crippen LogP contribution in [-0.4, -0.2) is 46.4 Å². The van der Waals surface area contributed by atoms with Crippen LogP contribution < -0.4 is 10.1 Å². The van der Waals surface area contributed by atoms with Gasteiger partial charge in [-0.1, -0.05) is 0 Å². The number of carbonyl (C=O) groups is 1. The van der Waals surface area contributed by atoms with Gasteiger partial charge in [0.05, 0.1) is 0 Å².